The highest BCUT2D eigenvalue weighted by molar-refractivity contribution is 6.33. The lowest BCUT2D eigenvalue weighted by atomic mass is 9.98. The molecule has 4 nitrogen and oxygen atoms in total. The van der Waals surface area contributed by atoms with Gasteiger partial charge in [-0.05, 0) is 47.2 Å². The number of carboxylic acid groups (broad SMARTS) is 1. The molecule has 0 saturated carbocycles. The van der Waals surface area contributed by atoms with E-state index in [1.165, 1.54) is 12.1 Å². The number of rotatable bonds is 4. The molecule has 0 aliphatic heterocycles. The number of benzene rings is 3. The molecule has 0 unspecified atom stereocenters. The molecule has 0 amide bonds. The molecule has 29 heavy (non-hydrogen) atoms. The highest BCUT2D eigenvalue weighted by Crippen LogP contribution is 2.30. The molecular weight excluding hydrogens is 386 g/mol. The van der Waals surface area contributed by atoms with Gasteiger partial charge in [-0.2, -0.15) is 5.26 Å². The van der Waals surface area contributed by atoms with Crippen LogP contribution in [0.15, 0.2) is 77.2 Å². The molecule has 0 spiro atoms. The lowest BCUT2D eigenvalue weighted by Gasteiger charge is -2.05. The van der Waals surface area contributed by atoms with Gasteiger partial charge in [0.1, 0.15) is 11.5 Å². The topological polar surface area (TPSA) is 74.2 Å². The van der Waals surface area contributed by atoms with E-state index in [9.17, 15) is 15.2 Å². The Hall–Kier alpha value is -3.81. The molecule has 0 aliphatic carbocycles. The largest absolute Gasteiger partial charge is 0.478 e. The summed E-state index contributed by atoms with van der Waals surface area (Å²) in [5.74, 6) is -0.117. The molecular formula is C24H14ClNO3. The van der Waals surface area contributed by atoms with E-state index in [1.807, 2.05) is 42.5 Å². The maximum Gasteiger partial charge on any atom is 0.337 e. The van der Waals surface area contributed by atoms with Gasteiger partial charge in [-0.1, -0.05) is 54.1 Å². The maximum absolute atomic E-state index is 11.3. The predicted molar refractivity (Wildman–Crippen MR) is 114 cm³/mol. The summed E-state index contributed by atoms with van der Waals surface area (Å²) in [6.45, 7) is 0. The molecule has 0 fully saturated rings. The summed E-state index contributed by atoms with van der Waals surface area (Å²) in [5.41, 5.74) is 1.90. The quantitative estimate of drug-likeness (QED) is 0.396. The molecule has 0 saturated heterocycles. The molecule has 4 rings (SSSR count). The summed E-state index contributed by atoms with van der Waals surface area (Å²) in [5, 5.41) is 21.2. The van der Waals surface area contributed by atoms with Gasteiger partial charge in [-0.3, -0.25) is 0 Å². The van der Waals surface area contributed by atoms with Crippen molar-refractivity contribution in [1.82, 2.24) is 0 Å². The fraction of sp³-hybridized carbons (Fsp3) is 0. The van der Waals surface area contributed by atoms with Gasteiger partial charge < -0.3 is 9.52 Å². The van der Waals surface area contributed by atoms with Crippen molar-refractivity contribution in [3.63, 3.8) is 0 Å². The first-order valence-corrected chi connectivity index (χ1v) is 9.17. The van der Waals surface area contributed by atoms with Crippen molar-refractivity contribution in [2.45, 2.75) is 0 Å². The van der Waals surface area contributed by atoms with E-state index < -0.39 is 5.97 Å². The third-order valence-corrected chi connectivity index (χ3v) is 4.92. The van der Waals surface area contributed by atoms with Crippen LogP contribution in [0.5, 0.6) is 0 Å². The van der Waals surface area contributed by atoms with E-state index in [0.717, 1.165) is 16.3 Å². The van der Waals surface area contributed by atoms with Crippen molar-refractivity contribution in [2.24, 2.45) is 0 Å². The van der Waals surface area contributed by atoms with Crippen LogP contribution in [0, 0.1) is 11.3 Å². The molecule has 1 heterocycles. The number of nitriles is 1. The Bertz CT molecular complexity index is 1310. The van der Waals surface area contributed by atoms with Crippen LogP contribution in [-0.2, 0) is 0 Å². The minimum Gasteiger partial charge on any atom is -0.478 e. The van der Waals surface area contributed by atoms with Crippen molar-refractivity contribution in [3.05, 3.63) is 94.7 Å². The number of halogens is 1. The van der Waals surface area contributed by atoms with Crippen LogP contribution >= 0.6 is 11.6 Å². The molecule has 1 N–H and O–H groups in total. The molecule has 0 bridgehead atoms. The van der Waals surface area contributed by atoms with E-state index in [2.05, 4.69) is 6.07 Å². The van der Waals surface area contributed by atoms with Crippen molar-refractivity contribution < 1.29 is 14.3 Å². The Labute approximate surface area is 171 Å². The minimum absolute atomic E-state index is 0.00567. The van der Waals surface area contributed by atoms with E-state index >= 15 is 0 Å². The SMILES string of the molecule is N#C/C(=C/c1ccc(-c2ccc(Cl)c(C(=O)O)c2)o1)c1cccc2ccccc12. The average molecular weight is 400 g/mol. The number of fused-ring (bicyclic) bond motifs is 1. The zero-order valence-electron chi connectivity index (χ0n) is 15.1. The number of carboxylic acids is 1. The highest BCUT2D eigenvalue weighted by Gasteiger charge is 2.13. The van der Waals surface area contributed by atoms with E-state index in [4.69, 9.17) is 16.0 Å². The number of allylic oxidation sites excluding steroid dienone is 1. The normalized spacial score (nSPS) is 11.4. The summed E-state index contributed by atoms with van der Waals surface area (Å²) in [4.78, 5) is 11.3. The smallest absolute Gasteiger partial charge is 0.337 e. The van der Waals surface area contributed by atoms with Crippen molar-refractivity contribution in [3.8, 4) is 17.4 Å². The average Bonchev–Trinajstić information content (AvgIpc) is 3.20. The van der Waals surface area contributed by atoms with E-state index in [-0.39, 0.29) is 10.6 Å². The Kier molecular flexibility index (Phi) is 4.90. The van der Waals surface area contributed by atoms with Gasteiger partial charge >= 0.3 is 5.97 Å². The van der Waals surface area contributed by atoms with Gasteiger partial charge in [0, 0.05) is 11.1 Å². The van der Waals surface area contributed by atoms with Crippen molar-refractivity contribution >= 4 is 40.0 Å². The molecule has 1 aromatic heterocycles. The van der Waals surface area contributed by atoms with E-state index in [0.29, 0.717) is 22.7 Å². The van der Waals surface area contributed by atoms with Crippen LogP contribution in [0.3, 0.4) is 0 Å². The summed E-state index contributed by atoms with van der Waals surface area (Å²) in [7, 11) is 0. The first-order valence-electron chi connectivity index (χ1n) is 8.80. The second-order valence-corrected chi connectivity index (χ2v) is 6.81. The molecule has 0 aliphatic rings. The maximum atomic E-state index is 11.3. The van der Waals surface area contributed by atoms with Gasteiger partial charge in [0.15, 0.2) is 0 Å². The zero-order valence-corrected chi connectivity index (χ0v) is 15.9. The van der Waals surface area contributed by atoms with Gasteiger partial charge in [0.25, 0.3) is 0 Å². The number of hydrogen-bond donors (Lipinski definition) is 1. The summed E-state index contributed by atoms with van der Waals surface area (Å²) >= 11 is 5.93. The lowest BCUT2D eigenvalue weighted by molar-refractivity contribution is 0.0697. The van der Waals surface area contributed by atoms with Crippen molar-refractivity contribution in [1.29, 1.82) is 5.26 Å². The second-order valence-electron chi connectivity index (χ2n) is 6.40. The van der Waals surface area contributed by atoms with Crippen LogP contribution in [0.4, 0.5) is 0 Å². The van der Waals surface area contributed by atoms with Crippen LogP contribution in [0.25, 0.3) is 33.7 Å². The number of aromatic carboxylic acids is 1. The van der Waals surface area contributed by atoms with Crippen molar-refractivity contribution in [2.75, 3.05) is 0 Å². The highest BCUT2D eigenvalue weighted by atomic mass is 35.5. The number of furan rings is 1. The molecule has 3 aromatic carbocycles. The molecule has 4 aromatic rings. The Morgan fingerprint density at radius 1 is 1.00 bits per heavy atom. The van der Waals surface area contributed by atoms with Crippen LogP contribution in [-0.4, -0.2) is 11.1 Å². The van der Waals surface area contributed by atoms with Crippen LogP contribution < -0.4 is 0 Å². The fourth-order valence-corrected chi connectivity index (χ4v) is 3.40. The van der Waals surface area contributed by atoms with Gasteiger partial charge in [-0.15, -0.1) is 0 Å². The number of hydrogen-bond acceptors (Lipinski definition) is 3. The van der Waals surface area contributed by atoms with Gasteiger partial charge in [-0.25, -0.2) is 4.79 Å². The second kappa shape index (κ2) is 7.67. The first kappa shape index (κ1) is 18.5. The lowest BCUT2D eigenvalue weighted by Crippen LogP contribution is -1.97. The summed E-state index contributed by atoms with van der Waals surface area (Å²) in [6, 6.07) is 24.1. The molecule has 0 atom stereocenters. The van der Waals surface area contributed by atoms with Gasteiger partial charge in [0.2, 0.25) is 0 Å². The fourth-order valence-electron chi connectivity index (χ4n) is 3.20. The number of carbonyl (C=O) groups is 1. The van der Waals surface area contributed by atoms with Gasteiger partial charge in [0.05, 0.1) is 22.2 Å². The minimum atomic E-state index is -1.11. The monoisotopic (exact) mass is 399 g/mol. The predicted octanol–water partition coefficient (Wildman–Crippen LogP) is 6.52. The molecule has 140 valence electrons. The Morgan fingerprint density at radius 3 is 2.59 bits per heavy atom. The Morgan fingerprint density at radius 2 is 1.79 bits per heavy atom. The van der Waals surface area contributed by atoms with Crippen LogP contribution in [0.1, 0.15) is 21.7 Å². The standard InChI is InChI=1S/C24H14ClNO3/c25-22-10-8-16(13-21(22)24(27)28)23-11-9-18(29-23)12-17(14-26)20-7-3-5-15-4-1-2-6-19(15)20/h1-13H,(H,27,28)/b17-12-. The Balaban J connectivity index is 1.74. The molecule has 5 heteroatoms. The van der Waals surface area contributed by atoms with E-state index in [1.54, 1.807) is 24.3 Å². The number of nitrogens with zero attached hydrogens (tertiary/aromatic N) is 1. The molecule has 0 radical (unpaired) electrons. The third kappa shape index (κ3) is 3.64. The summed E-state index contributed by atoms with van der Waals surface area (Å²) < 4.78 is 5.85. The summed E-state index contributed by atoms with van der Waals surface area (Å²) in [6.07, 6.45) is 1.68. The zero-order chi connectivity index (χ0) is 20.4. The van der Waals surface area contributed by atoms with Crippen LogP contribution in [0.2, 0.25) is 5.02 Å². The first-order chi connectivity index (χ1) is 14.1. The third-order valence-electron chi connectivity index (χ3n) is 4.59.